The van der Waals surface area contributed by atoms with Gasteiger partial charge in [0, 0.05) is 23.4 Å². The number of nitrogens with zero attached hydrogens (tertiary/aromatic N) is 1. The first kappa shape index (κ1) is 14.1. The Labute approximate surface area is 131 Å². The summed E-state index contributed by atoms with van der Waals surface area (Å²) in [5, 5.41) is 0.989. The van der Waals surface area contributed by atoms with E-state index in [4.69, 9.17) is 27.9 Å². The van der Waals surface area contributed by atoms with Gasteiger partial charge in [-0.25, -0.2) is 9.37 Å². The molecule has 0 saturated carbocycles. The van der Waals surface area contributed by atoms with E-state index in [1.54, 1.807) is 6.07 Å². The molecule has 0 N–H and O–H groups in total. The van der Waals surface area contributed by atoms with Gasteiger partial charge in [0.1, 0.15) is 11.6 Å². The largest absolute Gasteiger partial charge is 0.439 e. The summed E-state index contributed by atoms with van der Waals surface area (Å²) >= 11 is 11.7. The molecule has 0 aliphatic rings. The molecule has 1 aromatic heterocycles. The van der Waals surface area contributed by atoms with Crippen molar-refractivity contribution >= 4 is 34.1 Å². The second-order valence-corrected chi connectivity index (χ2v) is 5.12. The van der Waals surface area contributed by atoms with Crippen LogP contribution >= 0.6 is 23.2 Å². The molecule has 0 amide bonds. The van der Waals surface area contributed by atoms with E-state index in [1.165, 1.54) is 18.2 Å². The summed E-state index contributed by atoms with van der Waals surface area (Å²) in [6.07, 6.45) is 0. The fourth-order valence-electron chi connectivity index (χ4n) is 2.04. The Kier molecular flexibility index (Phi) is 3.95. The summed E-state index contributed by atoms with van der Waals surface area (Å²) in [6.45, 7) is 0. The number of ether oxygens (including phenoxy) is 1. The number of para-hydroxylation sites is 1. The number of aromatic nitrogens is 1. The molecule has 1 heterocycles. The second-order valence-electron chi connectivity index (χ2n) is 4.45. The van der Waals surface area contributed by atoms with Crippen LogP contribution in [0.25, 0.3) is 10.9 Å². The first-order valence-electron chi connectivity index (χ1n) is 6.25. The van der Waals surface area contributed by atoms with Gasteiger partial charge in [0.25, 0.3) is 0 Å². The van der Waals surface area contributed by atoms with Crippen LogP contribution in [0.1, 0.15) is 5.56 Å². The SMILES string of the molecule is Fc1ccc(Oc2cc(CCl)c3ccccc3n2)cc1Cl. The average molecular weight is 322 g/mol. The molecule has 5 heteroatoms. The maximum atomic E-state index is 13.1. The predicted octanol–water partition coefficient (Wildman–Crippen LogP) is 5.56. The Morgan fingerprint density at radius 2 is 1.90 bits per heavy atom. The van der Waals surface area contributed by atoms with Crippen molar-refractivity contribution < 1.29 is 9.13 Å². The minimum atomic E-state index is -0.489. The van der Waals surface area contributed by atoms with Gasteiger partial charge in [-0.15, -0.1) is 11.6 Å². The number of hydrogen-bond donors (Lipinski definition) is 0. The monoisotopic (exact) mass is 321 g/mol. The van der Waals surface area contributed by atoms with E-state index >= 15 is 0 Å². The van der Waals surface area contributed by atoms with Gasteiger partial charge in [-0.1, -0.05) is 29.8 Å². The molecule has 0 radical (unpaired) electrons. The number of hydrogen-bond acceptors (Lipinski definition) is 2. The molecule has 0 fully saturated rings. The molecular formula is C16H10Cl2FNO. The molecule has 3 aromatic rings. The summed E-state index contributed by atoms with van der Waals surface area (Å²) in [5.74, 6) is 0.678. The molecule has 3 rings (SSSR count). The van der Waals surface area contributed by atoms with Gasteiger partial charge < -0.3 is 4.74 Å². The van der Waals surface area contributed by atoms with Gasteiger partial charge in [-0.2, -0.15) is 0 Å². The highest BCUT2D eigenvalue weighted by atomic mass is 35.5. The third-order valence-electron chi connectivity index (χ3n) is 3.04. The van der Waals surface area contributed by atoms with E-state index < -0.39 is 5.82 Å². The third kappa shape index (κ3) is 2.94. The average Bonchev–Trinajstić information content (AvgIpc) is 2.50. The molecule has 0 unspecified atom stereocenters. The van der Waals surface area contributed by atoms with Crippen molar-refractivity contribution in [3.8, 4) is 11.6 Å². The van der Waals surface area contributed by atoms with E-state index in [-0.39, 0.29) is 5.02 Å². The molecule has 0 atom stereocenters. The topological polar surface area (TPSA) is 22.1 Å². The molecule has 21 heavy (non-hydrogen) atoms. The first-order valence-corrected chi connectivity index (χ1v) is 7.16. The number of alkyl halides is 1. The van der Waals surface area contributed by atoms with Crippen LogP contribution in [0.15, 0.2) is 48.5 Å². The Morgan fingerprint density at radius 3 is 2.67 bits per heavy atom. The molecule has 0 aliphatic heterocycles. The zero-order valence-corrected chi connectivity index (χ0v) is 12.3. The van der Waals surface area contributed by atoms with E-state index in [0.29, 0.717) is 17.5 Å². The van der Waals surface area contributed by atoms with Crippen molar-refractivity contribution in [2.45, 2.75) is 5.88 Å². The Hall–Kier alpha value is -1.84. The van der Waals surface area contributed by atoms with Gasteiger partial charge in [-0.05, 0) is 23.8 Å². The fraction of sp³-hybridized carbons (Fsp3) is 0.0625. The number of rotatable bonds is 3. The number of fused-ring (bicyclic) bond motifs is 1. The van der Waals surface area contributed by atoms with Crippen LogP contribution in [-0.4, -0.2) is 4.98 Å². The number of pyridine rings is 1. The van der Waals surface area contributed by atoms with Crippen LogP contribution in [0.3, 0.4) is 0 Å². The zero-order valence-electron chi connectivity index (χ0n) is 10.8. The molecule has 0 bridgehead atoms. The van der Waals surface area contributed by atoms with Crippen LogP contribution in [0.5, 0.6) is 11.6 Å². The van der Waals surface area contributed by atoms with Gasteiger partial charge >= 0.3 is 0 Å². The van der Waals surface area contributed by atoms with Crippen molar-refractivity contribution in [2.24, 2.45) is 0 Å². The molecule has 0 saturated heterocycles. The fourth-order valence-corrected chi connectivity index (χ4v) is 2.44. The van der Waals surface area contributed by atoms with Crippen molar-refractivity contribution in [1.82, 2.24) is 4.98 Å². The lowest BCUT2D eigenvalue weighted by molar-refractivity contribution is 0.463. The number of halogens is 3. The summed E-state index contributed by atoms with van der Waals surface area (Å²) in [4.78, 5) is 4.41. The summed E-state index contributed by atoms with van der Waals surface area (Å²) in [7, 11) is 0. The maximum Gasteiger partial charge on any atom is 0.220 e. The summed E-state index contributed by atoms with van der Waals surface area (Å²) < 4.78 is 18.8. The summed E-state index contributed by atoms with van der Waals surface area (Å²) in [6, 6.07) is 13.6. The highest BCUT2D eigenvalue weighted by Crippen LogP contribution is 2.28. The maximum absolute atomic E-state index is 13.1. The second kappa shape index (κ2) is 5.88. The lowest BCUT2D eigenvalue weighted by Gasteiger charge is -2.09. The van der Waals surface area contributed by atoms with Crippen LogP contribution in [0.2, 0.25) is 5.02 Å². The van der Waals surface area contributed by atoms with E-state index in [9.17, 15) is 4.39 Å². The van der Waals surface area contributed by atoms with Crippen LogP contribution in [-0.2, 0) is 5.88 Å². The third-order valence-corrected chi connectivity index (χ3v) is 3.61. The van der Waals surface area contributed by atoms with Crippen LogP contribution in [0, 0.1) is 5.82 Å². The van der Waals surface area contributed by atoms with Gasteiger partial charge in [0.05, 0.1) is 10.5 Å². The lowest BCUT2D eigenvalue weighted by atomic mass is 10.1. The smallest absolute Gasteiger partial charge is 0.220 e. The normalized spacial score (nSPS) is 10.8. The van der Waals surface area contributed by atoms with Crippen LogP contribution < -0.4 is 4.74 Å². The quantitative estimate of drug-likeness (QED) is 0.589. The first-order chi connectivity index (χ1) is 10.2. The Balaban J connectivity index is 2.02. The lowest BCUT2D eigenvalue weighted by Crippen LogP contribution is -1.92. The molecule has 0 aliphatic carbocycles. The van der Waals surface area contributed by atoms with Gasteiger partial charge in [0.2, 0.25) is 5.88 Å². The zero-order chi connectivity index (χ0) is 14.8. The minimum Gasteiger partial charge on any atom is -0.439 e. The Bertz CT molecular complexity index is 807. The van der Waals surface area contributed by atoms with E-state index in [0.717, 1.165) is 16.5 Å². The molecule has 2 nitrogen and oxygen atoms in total. The highest BCUT2D eigenvalue weighted by molar-refractivity contribution is 6.30. The molecule has 2 aromatic carbocycles. The van der Waals surface area contributed by atoms with Crippen LogP contribution in [0.4, 0.5) is 4.39 Å². The van der Waals surface area contributed by atoms with Crippen molar-refractivity contribution in [3.05, 3.63) is 64.9 Å². The number of benzene rings is 2. The van der Waals surface area contributed by atoms with Crippen molar-refractivity contribution in [2.75, 3.05) is 0 Å². The molecular weight excluding hydrogens is 312 g/mol. The van der Waals surface area contributed by atoms with Crippen molar-refractivity contribution in [1.29, 1.82) is 0 Å². The Morgan fingerprint density at radius 1 is 1.10 bits per heavy atom. The standard InChI is InChI=1S/C16H10Cl2FNO/c17-9-10-7-16(20-15-4-2-1-3-12(10)15)21-11-5-6-14(19)13(18)8-11/h1-8H,9H2. The van der Waals surface area contributed by atoms with Crippen molar-refractivity contribution in [3.63, 3.8) is 0 Å². The highest BCUT2D eigenvalue weighted by Gasteiger charge is 2.08. The van der Waals surface area contributed by atoms with E-state index in [2.05, 4.69) is 4.98 Å². The van der Waals surface area contributed by atoms with Gasteiger partial charge in [0.15, 0.2) is 0 Å². The molecule has 106 valence electrons. The minimum absolute atomic E-state index is 0.00542. The predicted molar refractivity (Wildman–Crippen MR) is 82.8 cm³/mol. The summed E-state index contributed by atoms with van der Waals surface area (Å²) in [5.41, 5.74) is 1.71. The molecule has 0 spiro atoms. The van der Waals surface area contributed by atoms with Gasteiger partial charge in [-0.3, -0.25) is 0 Å². The van der Waals surface area contributed by atoms with E-state index in [1.807, 2.05) is 24.3 Å².